The van der Waals surface area contributed by atoms with Gasteiger partial charge >= 0.3 is 6.08 Å². The van der Waals surface area contributed by atoms with Gasteiger partial charge in [-0.25, -0.2) is 4.39 Å². The number of nitrogens with zero attached hydrogens (tertiary/aromatic N) is 2. The molecule has 0 unspecified atom stereocenters. The van der Waals surface area contributed by atoms with Gasteiger partial charge in [0.15, 0.2) is 6.61 Å². The van der Waals surface area contributed by atoms with Crippen molar-refractivity contribution in [3.05, 3.63) is 64.8 Å². The van der Waals surface area contributed by atoms with Crippen LogP contribution in [0.1, 0.15) is 30.7 Å². The Morgan fingerprint density at radius 2 is 1.87 bits per heavy atom. The van der Waals surface area contributed by atoms with Gasteiger partial charge in [-0.1, -0.05) is 22.8 Å². The van der Waals surface area contributed by atoms with Crippen LogP contribution in [0.4, 0.5) is 4.39 Å². The molecule has 1 heterocycles. The number of aromatic nitrogens is 2. The fourth-order valence-electron chi connectivity index (χ4n) is 4.36. The zero-order chi connectivity index (χ0) is 21.6. The maximum Gasteiger partial charge on any atom is 0.420 e. The summed E-state index contributed by atoms with van der Waals surface area (Å²) >= 11 is 5.86. The van der Waals surface area contributed by atoms with E-state index in [9.17, 15) is 9.18 Å². The Morgan fingerprint density at radius 1 is 1.16 bits per heavy atom. The number of benzene rings is 2. The zero-order valence-electron chi connectivity index (χ0n) is 16.7. The molecular formula is C22H19ClFN3O4. The molecule has 3 fully saturated rings. The molecule has 3 aliphatic carbocycles. The van der Waals surface area contributed by atoms with Crippen molar-refractivity contribution in [2.45, 2.75) is 37.1 Å². The molecule has 3 aliphatic rings. The molecule has 6 rings (SSSR count). The van der Waals surface area contributed by atoms with Gasteiger partial charge in [-0.3, -0.25) is 4.79 Å². The second kappa shape index (κ2) is 7.23. The first-order valence-electron chi connectivity index (χ1n) is 9.82. The van der Waals surface area contributed by atoms with Crippen molar-refractivity contribution in [1.29, 1.82) is 0 Å². The average molecular weight is 444 g/mol. The number of hydrogen-bond donors (Lipinski definition) is 1. The van der Waals surface area contributed by atoms with Crippen molar-refractivity contribution in [2.24, 2.45) is 0 Å². The smallest absolute Gasteiger partial charge is 0.420 e. The van der Waals surface area contributed by atoms with Gasteiger partial charge < -0.3 is 19.2 Å². The SMILES string of the molecule is Cc1ccc(OCC(=O)NC23CC(c4nnc(Oc5ccc(Cl)cc5)o4)(C2)C3)cc1F. The highest BCUT2D eigenvalue weighted by Gasteiger charge is 2.71. The molecule has 3 aromatic rings. The summed E-state index contributed by atoms with van der Waals surface area (Å²) in [5.41, 5.74) is 0.0340. The van der Waals surface area contributed by atoms with E-state index in [2.05, 4.69) is 15.5 Å². The number of hydrogen-bond acceptors (Lipinski definition) is 6. The Balaban J connectivity index is 1.12. The summed E-state index contributed by atoms with van der Waals surface area (Å²) in [5.74, 6) is 0.782. The number of carbonyl (C=O) groups excluding carboxylic acids is 1. The van der Waals surface area contributed by atoms with Gasteiger partial charge in [0, 0.05) is 16.6 Å². The Bertz CT molecular complexity index is 1130. The first-order valence-corrected chi connectivity index (χ1v) is 10.2. The van der Waals surface area contributed by atoms with Crippen LogP contribution in [0, 0.1) is 12.7 Å². The van der Waals surface area contributed by atoms with Crippen LogP contribution in [0.3, 0.4) is 0 Å². The molecule has 31 heavy (non-hydrogen) atoms. The summed E-state index contributed by atoms with van der Waals surface area (Å²) < 4.78 is 30.2. The summed E-state index contributed by atoms with van der Waals surface area (Å²) in [4.78, 5) is 12.3. The standard InChI is InChI=1S/C22H19ClFN3O4/c1-13-2-5-16(8-17(13)24)29-9-18(28)25-22-10-21(11-22,12-22)19-26-27-20(31-19)30-15-6-3-14(23)4-7-15/h2-8H,9-12H2,1H3,(H,25,28). The predicted molar refractivity (Wildman–Crippen MR) is 109 cm³/mol. The molecule has 2 bridgehead atoms. The minimum Gasteiger partial charge on any atom is -0.484 e. The second-order valence-electron chi connectivity index (χ2n) is 8.27. The molecule has 0 spiro atoms. The van der Waals surface area contributed by atoms with Gasteiger partial charge in [-0.2, -0.15) is 0 Å². The number of nitrogens with one attached hydrogen (secondary N) is 1. The highest BCUT2D eigenvalue weighted by Crippen LogP contribution is 2.67. The van der Waals surface area contributed by atoms with E-state index in [1.54, 1.807) is 43.3 Å². The predicted octanol–water partition coefficient (Wildman–Crippen LogP) is 4.33. The third-order valence-corrected chi connectivity index (χ3v) is 6.08. The normalized spacial score (nSPS) is 23.5. The maximum atomic E-state index is 13.6. The van der Waals surface area contributed by atoms with Crippen molar-refractivity contribution >= 4 is 17.5 Å². The summed E-state index contributed by atoms with van der Waals surface area (Å²) in [6.07, 6.45) is 2.22. The molecule has 0 atom stereocenters. The first kappa shape index (κ1) is 19.8. The topological polar surface area (TPSA) is 86.5 Å². The van der Waals surface area contributed by atoms with Gasteiger partial charge in [-0.05, 0) is 62.1 Å². The van der Waals surface area contributed by atoms with Crippen LogP contribution >= 0.6 is 11.6 Å². The van der Waals surface area contributed by atoms with Gasteiger partial charge in [0.25, 0.3) is 5.91 Å². The van der Waals surface area contributed by atoms with E-state index >= 15 is 0 Å². The fraction of sp³-hybridized carbons (Fsp3) is 0.318. The van der Waals surface area contributed by atoms with E-state index in [-0.39, 0.29) is 35.4 Å². The lowest BCUT2D eigenvalue weighted by molar-refractivity contribution is -0.143. The van der Waals surface area contributed by atoms with Crippen molar-refractivity contribution in [2.75, 3.05) is 6.61 Å². The number of amides is 1. The molecule has 1 amide bonds. The lowest BCUT2D eigenvalue weighted by atomic mass is 9.39. The van der Waals surface area contributed by atoms with Crippen molar-refractivity contribution in [3.63, 3.8) is 0 Å². The molecule has 2 aromatic carbocycles. The van der Waals surface area contributed by atoms with Crippen LogP contribution in [0.5, 0.6) is 17.6 Å². The molecule has 160 valence electrons. The summed E-state index contributed by atoms with van der Waals surface area (Å²) in [6, 6.07) is 11.4. The van der Waals surface area contributed by atoms with E-state index < -0.39 is 0 Å². The molecule has 0 saturated heterocycles. The third kappa shape index (κ3) is 3.72. The van der Waals surface area contributed by atoms with Crippen molar-refractivity contribution in [3.8, 4) is 17.6 Å². The Labute approximate surface area is 182 Å². The van der Waals surface area contributed by atoms with Crippen LogP contribution < -0.4 is 14.8 Å². The Kier molecular flexibility index (Phi) is 4.62. The second-order valence-corrected chi connectivity index (χ2v) is 8.70. The van der Waals surface area contributed by atoms with Gasteiger partial charge in [-0.15, -0.1) is 5.10 Å². The monoisotopic (exact) mass is 443 g/mol. The minimum atomic E-state index is -0.363. The lowest BCUT2D eigenvalue weighted by Crippen LogP contribution is -2.77. The number of aryl methyl sites for hydroxylation is 1. The van der Waals surface area contributed by atoms with Crippen LogP contribution in [0.25, 0.3) is 0 Å². The fourth-order valence-corrected chi connectivity index (χ4v) is 4.49. The number of carbonyl (C=O) groups is 1. The molecular weight excluding hydrogens is 425 g/mol. The largest absolute Gasteiger partial charge is 0.484 e. The average Bonchev–Trinajstić information content (AvgIpc) is 3.14. The van der Waals surface area contributed by atoms with Crippen molar-refractivity contribution < 1.29 is 23.1 Å². The van der Waals surface area contributed by atoms with Gasteiger partial charge in [0.2, 0.25) is 5.89 Å². The van der Waals surface area contributed by atoms with E-state index in [1.165, 1.54) is 6.07 Å². The Morgan fingerprint density at radius 3 is 2.58 bits per heavy atom. The van der Waals surface area contributed by atoms with E-state index in [0.717, 1.165) is 0 Å². The highest BCUT2D eigenvalue weighted by molar-refractivity contribution is 6.30. The molecule has 3 saturated carbocycles. The van der Waals surface area contributed by atoms with E-state index in [4.69, 9.17) is 25.5 Å². The summed E-state index contributed by atoms with van der Waals surface area (Å²) in [6.45, 7) is 1.50. The van der Waals surface area contributed by atoms with Gasteiger partial charge in [0.1, 0.15) is 17.3 Å². The molecule has 1 aromatic heterocycles. The number of halogens is 2. The third-order valence-electron chi connectivity index (χ3n) is 5.83. The van der Waals surface area contributed by atoms with Crippen LogP contribution in [-0.2, 0) is 10.2 Å². The zero-order valence-corrected chi connectivity index (χ0v) is 17.4. The van der Waals surface area contributed by atoms with Gasteiger partial charge in [0.05, 0.1) is 5.41 Å². The molecule has 0 radical (unpaired) electrons. The van der Waals surface area contributed by atoms with Crippen LogP contribution in [-0.4, -0.2) is 28.3 Å². The number of rotatable bonds is 7. The molecule has 9 heteroatoms. The summed E-state index contributed by atoms with van der Waals surface area (Å²) in [7, 11) is 0. The van der Waals surface area contributed by atoms with E-state index in [0.29, 0.717) is 47.2 Å². The first-order chi connectivity index (χ1) is 14.8. The van der Waals surface area contributed by atoms with E-state index in [1.807, 2.05) is 0 Å². The van der Waals surface area contributed by atoms with Crippen LogP contribution in [0.2, 0.25) is 5.02 Å². The summed E-state index contributed by atoms with van der Waals surface area (Å²) in [5, 5.41) is 11.7. The van der Waals surface area contributed by atoms with Crippen LogP contribution in [0.15, 0.2) is 46.9 Å². The lowest BCUT2D eigenvalue weighted by Gasteiger charge is -2.68. The highest BCUT2D eigenvalue weighted by atomic mass is 35.5. The van der Waals surface area contributed by atoms with Crippen molar-refractivity contribution in [1.82, 2.24) is 15.5 Å². The molecule has 1 N–H and O–H groups in total. The minimum absolute atomic E-state index is 0.0684. The number of ether oxygens (including phenoxy) is 2. The molecule has 0 aliphatic heterocycles. The quantitative estimate of drug-likeness (QED) is 0.584. The molecule has 7 nitrogen and oxygen atoms in total. The Hall–Kier alpha value is -3.13. The maximum absolute atomic E-state index is 13.6.